The lowest BCUT2D eigenvalue weighted by Crippen LogP contribution is -2.45. The number of aromatic nitrogens is 2. The van der Waals surface area contributed by atoms with E-state index in [1.54, 1.807) is 12.4 Å². The minimum atomic E-state index is 0.172. The van der Waals surface area contributed by atoms with E-state index in [0.29, 0.717) is 18.3 Å². The van der Waals surface area contributed by atoms with Crippen molar-refractivity contribution in [2.24, 2.45) is 0 Å². The maximum absolute atomic E-state index is 12.5. The standard InChI is InChI=1S/C18H28N4O2/c1-15-12-19-13-17(20-15)24-16-6-10-21(11-7-16)14-18(23)22-8-4-2-3-5-9-22/h12-13,16H,2-11,14H2,1H3. The summed E-state index contributed by atoms with van der Waals surface area (Å²) in [5, 5.41) is 0. The molecule has 3 heterocycles. The van der Waals surface area contributed by atoms with Crippen molar-refractivity contribution in [1.82, 2.24) is 19.8 Å². The molecule has 0 aliphatic carbocycles. The Kier molecular flexibility index (Phi) is 6.01. The van der Waals surface area contributed by atoms with Gasteiger partial charge in [-0.25, -0.2) is 4.98 Å². The molecule has 0 saturated carbocycles. The van der Waals surface area contributed by atoms with Gasteiger partial charge in [-0.15, -0.1) is 0 Å². The average Bonchev–Trinajstić information content (AvgIpc) is 2.86. The first-order valence-corrected chi connectivity index (χ1v) is 9.16. The fraction of sp³-hybridized carbons (Fsp3) is 0.722. The summed E-state index contributed by atoms with van der Waals surface area (Å²) in [4.78, 5) is 25.2. The average molecular weight is 332 g/mol. The van der Waals surface area contributed by atoms with Gasteiger partial charge in [0, 0.05) is 32.4 Å². The van der Waals surface area contributed by atoms with Gasteiger partial charge in [0.15, 0.2) is 0 Å². The van der Waals surface area contributed by atoms with E-state index in [0.717, 1.165) is 57.6 Å². The number of ether oxygens (including phenoxy) is 1. The molecule has 6 heteroatoms. The molecule has 3 rings (SSSR count). The lowest BCUT2D eigenvalue weighted by molar-refractivity contribution is -0.132. The molecular weight excluding hydrogens is 304 g/mol. The van der Waals surface area contributed by atoms with E-state index in [1.165, 1.54) is 12.8 Å². The number of hydrogen-bond acceptors (Lipinski definition) is 5. The van der Waals surface area contributed by atoms with Crippen molar-refractivity contribution in [3.63, 3.8) is 0 Å². The Bertz CT molecular complexity index is 536. The van der Waals surface area contributed by atoms with Crippen molar-refractivity contribution < 1.29 is 9.53 Å². The third-order valence-electron chi connectivity index (χ3n) is 4.87. The minimum Gasteiger partial charge on any atom is -0.473 e. The van der Waals surface area contributed by atoms with Crippen molar-refractivity contribution >= 4 is 5.91 Å². The van der Waals surface area contributed by atoms with Crippen LogP contribution in [-0.4, -0.2) is 64.5 Å². The first-order valence-electron chi connectivity index (χ1n) is 9.16. The molecule has 24 heavy (non-hydrogen) atoms. The fourth-order valence-electron chi connectivity index (χ4n) is 3.46. The van der Waals surface area contributed by atoms with Crippen LogP contribution in [0.5, 0.6) is 5.88 Å². The number of piperidine rings is 1. The van der Waals surface area contributed by atoms with Crippen LogP contribution < -0.4 is 4.74 Å². The molecule has 2 aliphatic heterocycles. The monoisotopic (exact) mass is 332 g/mol. The molecule has 2 fully saturated rings. The number of aryl methyl sites for hydroxylation is 1. The van der Waals surface area contributed by atoms with Gasteiger partial charge in [0.1, 0.15) is 6.10 Å². The lowest BCUT2D eigenvalue weighted by Gasteiger charge is -2.32. The van der Waals surface area contributed by atoms with E-state index in [1.807, 2.05) is 6.92 Å². The molecule has 2 aliphatic rings. The molecule has 0 aromatic carbocycles. The highest BCUT2D eigenvalue weighted by molar-refractivity contribution is 5.78. The summed E-state index contributed by atoms with van der Waals surface area (Å²) in [7, 11) is 0. The third kappa shape index (κ3) is 4.90. The molecule has 0 bridgehead atoms. The number of hydrogen-bond donors (Lipinski definition) is 0. The first kappa shape index (κ1) is 17.1. The van der Waals surface area contributed by atoms with Gasteiger partial charge in [-0.05, 0) is 32.6 Å². The van der Waals surface area contributed by atoms with Crippen LogP contribution in [0.2, 0.25) is 0 Å². The molecular formula is C18H28N4O2. The molecule has 1 aromatic rings. The number of amides is 1. The Balaban J connectivity index is 1.42. The minimum absolute atomic E-state index is 0.172. The third-order valence-corrected chi connectivity index (χ3v) is 4.87. The summed E-state index contributed by atoms with van der Waals surface area (Å²) in [6.45, 7) is 6.15. The summed E-state index contributed by atoms with van der Waals surface area (Å²) in [5.41, 5.74) is 0.869. The summed E-state index contributed by atoms with van der Waals surface area (Å²) in [6.07, 6.45) is 10.3. The predicted molar refractivity (Wildman–Crippen MR) is 91.9 cm³/mol. The van der Waals surface area contributed by atoms with Crippen LogP contribution >= 0.6 is 0 Å². The van der Waals surface area contributed by atoms with E-state index < -0.39 is 0 Å². The second kappa shape index (κ2) is 8.42. The number of carbonyl (C=O) groups excluding carboxylic acids is 1. The fourth-order valence-corrected chi connectivity index (χ4v) is 3.46. The summed E-state index contributed by atoms with van der Waals surface area (Å²) in [6, 6.07) is 0. The Morgan fingerprint density at radius 1 is 1.12 bits per heavy atom. The predicted octanol–water partition coefficient (Wildman–Crippen LogP) is 2.03. The van der Waals surface area contributed by atoms with Crippen LogP contribution in [0.3, 0.4) is 0 Å². The summed E-state index contributed by atoms with van der Waals surface area (Å²) >= 11 is 0. The van der Waals surface area contributed by atoms with Crippen LogP contribution in [0, 0.1) is 6.92 Å². The molecule has 0 N–H and O–H groups in total. The van der Waals surface area contributed by atoms with Gasteiger partial charge in [-0.3, -0.25) is 14.7 Å². The van der Waals surface area contributed by atoms with E-state index in [2.05, 4.69) is 19.8 Å². The Hall–Kier alpha value is -1.69. The van der Waals surface area contributed by atoms with Crippen LogP contribution in [0.25, 0.3) is 0 Å². The normalized spacial score (nSPS) is 20.6. The van der Waals surface area contributed by atoms with Crippen molar-refractivity contribution in [2.45, 2.75) is 51.6 Å². The smallest absolute Gasteiger partial charge is 0.236 e. The van der Waals surface area contributed by atoms with Crippen LogP contribution in [0.1, 0.15) is 44.2 Å². The van der Waals surface area contributed by atoms with E-state index in [4.69, 9.17) is 4.74 Å². The van der Waals surface area contributed by atoms with Crippen molar-refractivity contribution in [3.8, 4) is 5.88 Å². The van der Waals surface area contributed by atoms with Gasteiger partial charge in [-0.1, -0.05) is 12.8 Å². The Morgan fingerprint density at radius 2 is 1.83 bits per heavy atom. The van der Waals surface area contributed by atoms with Gasteiger partial charge in [0.2, 0.25) is 11.8 Å². The van der Waals surface area contributed by atoms with E-state index in [9.17, 15) is 4.79 Å². The second-order valence-electron chi connectivity index (χ2n) is 6.89. The highest BCUT2D eigenvalue weighted by Gasteiger charge is 2.24. The molecule has 1 aromatic heterocycles. The first-order chi connectivity index (χ1) is 11.7. The molecule has 132 valence electrons. The second-order valence-corrected chi connectivity index (χ2v) is 6.89. The zero-order valence-corrected chi connectivity index (χ0v) is 14.6. The quantitative estimate of drug-likeness (QED) is 0.844. The molecule has 0 atom stereocenters. The Labute approximate surface area is 144 Å². The zero-order valence-electron chi connectivity index (χ0n) is 14.6. The highest BCUT2D eigenvalue weighted by atomic mass is 16.5. The van der Waals surface area contributed by atoms with Crippen molar-refractivity contribution in [3.05, 3.63) is 18.1 Å². The lowest BCUT2D eigenvalue weighted by atomic mass is 10.1. The van der Waals surface area contributed by atoms with Crippen LogP contribution in [0.15, 0.2) is 12.4 Å². The molecule has 0 unspecified atom stereocenters. The topological polar surface area (TPSA) is 58.6 Å². The molecule has 0 spiro atoms. The van der Waals surface area contributed by atoms with Gasteiger partial charge < -0.3 is 9.64 Å². The van der Waals surface area contributed by atoms with Gasteiger partial charge >= 0.3 is 0 Å². The van der Waals surface area contributed by atoms with Crippen molar-refractivity contribution in [2.75, 3.05) is 32.7 Å². The SMILES string of the molecule is Cc1cncc(OC2CCN(CC(=O)N3CCCCCC3)CC2)n1. The number of carbonyl (C=O) groups is 1. The zero-order chi connectivity index (χ0) is 16.8. The van der Waals surface area contributed by atoms with E-state index >= 15 is 0 Å². The van der Waals surface area contributed by atoms with Crippen LogP contribution in [0.4, 0.5) is 0 Å². The highest BCUT2D eigenvalue weighted by Crippen LogP contribution is 2.17. The van der Waals surface area contributed by atoms with Crippen LogP contribution in [-0.2, 0) is 4.79 Å². The largest absolute Gasteiger partial charge is 0.473 e. The number of rotatable bonds is 4. The molecule has 6 nitrogen and oxygen atoms in total. The maximum Gasteiger partial charge on any atom is 0.236 e. The van der Waals surface area contributed by atoms with Gasteiger partial charge in [-0.2, -0.15) is 0 Å². The van der Waals surface area contributed by atoms with Crippen molar-refractivity contribution in [1.29, 1.82) is 0 Å². The van der Waals surface area contributed by atoms with E-state index in [-0.39, 0.29) is 6.10 Å². The summed E-state index contributed by atoms with van der Waals surface area (Å²) in [5.74, 6) is 0.898. The number of nitrogens with zero attached hydrogens (tertiary/aromatic N) is 4. The molecule has 0 radical (unpaired) electrons. The summed E-state index contributed by atoms with van der Waals surface area (Å²) < 4.78 is 5.93. The maximum atomic E-state index is 12.5. The molecule has 1 amide bonds. The van der Waals surface area contributed by atoms with Gasteiger partial charge in [0.05, 0.1) is 18.4 Å². The molecule has 2 saturated heterocycles. The number of likely N-dealkylation sites (tertiary alicyclic amines) is 2. The van der Waals surface area contributed by atoms with Gasteiger partial charge in [0.25, 0.3) is 0 Å². The Morgan fingerprint density at radius 3 is 2.50 bits per heavy atom.